The van der Waals surface area contributed by atoms with Crippen molar-refractivity contribution in [3.8, 4) is 0 Å². The summed E-state index contributed by atoms with van der Waals surface area (Å²) < 4.78 is 36.0. The first kappa shape index (κ1) is 19.1. The Morgan fingerprint density at radius 2 is 2.08 bits per heavy atom. The molecule has 1 aromatic heterocycles. The van der Waals surface area contributed by atoms with E-state index in [-0.39, 0.29) is 5.52 Å². The van der Waals surface area contributed by atoms with Crippen LogP contribution in [0.25, 0.3) is 10.2 Å². The van der Waals surface area contributed by atoms with E-state index >= 15 is 0 Å². The first-order chi connectivity index (χ1) is 12.5. The molecule has 3 rings (SSSR count). The van der Waals surface area contributed by atoms with Crippen molar-refractivity contribution < 1.29 is 18.3 Å². The van der Waals surface area contributed by atoms with Crippen LogP contribution in [0.2, 0.25) is 0 Å². The smallest absolute Gasteiger partial charge is 0.280 e. The summed E-state index contributed by atoms with van der Waals surface area (Å²) in [5.74, 6) is -1.77. The van der Waals surface area contributed by atoms with Gasteiger partial charge in [-0.25, -0.2) is 8.78 Å². The Morgan fingerprint density at radius 3 is 2.81 bits per heavy atom. The highest BCUT2D eigenvalue weighted by molar-refractivity contribution is 14.1. The Kier molecular flexibility index (Phi) is 6.15. The van der Waals surface area contributed by atoms with Crippen LogP contribution in [-0.4, -0.2) is 23.7 Å². The maximum atomic E-state index is 14.3. The van der Waals surface area contributed by atoms with Crippen LogP contribution < -0.4 is 4.80 Å². The normalized spacial score (nSPS) is 12.1. The van der Waals surface area contributed by atoms with Gasteiger partial charge in [0.25, 0.3) is 5.91 Å². The number of benzene rings is 2. The van der Waals surface area contributed by atoms with Gasteiger partial charge in [0, 0.05) is 22.8 Å². The minimum Gasteiger partial charge on any atom is -0.380 e. The van der Waals surface area contributed by atoms with Gasteiger partial charge in [0.2, 0.25) is 0 Å². The monoisotopic (exact) mass is 488 g/mol. The van der Waals surface area contributed by atoms with Gasteiger partial charge in [-0.05, 0) is 47.7 Å². The molecule has 8 heteroatoms. The number of hydrogen-bond acceptors (Lipinski definition) is 3. The third kappa shape index (κ3) is 4.02. The Labute approximate surface area is 166 Å². The van der Waals surface area contributed by atoms with E-state index in [0.717, 1.165) is 21.0 Å². The van der Waals surface area contributed by atoms with Gasteiger partial charge in [-0.2, -0.15) is 4.99 Å². The average molecular weight is 488 g/mol. The number of hydrogen-bond donors (Lipinski definition) is 0. The van der Waals surface area contributed by atoms with Gasteiger partial charge < -0.3 is 9.30 Å². The Balaban J connectivity index is 2.14. The summed E-state index contributed by atoms with van der Waals surface area (Å²) in [5.41, 5.74) is 0.693. The van der Waals surface area contributed by atoms with Crippen LogP contribution >= 0.6 is 33.9 Å². The van der Waals surface area contributed by atoms with E-state index in [0.29, 0.717) is 34.8 Å². The number of amides is 1. The van der Waals surface area contributed by atoms with Crippen molar-refractivity contribution in [1.29, 1.82) is 0 Å². The fourth-order valence-corrected chi connectivity index (χ4v) is 4.22. The van der Waals surface area contributed by atoms with Gasteiger partial charge in [-0.1, -0.05) is 23.5 Å². The molecule has 0 fully saturated rings. The minimum atomic E-state index is -0.684. The highest BCUT2D eigenvalue weighted by atomic mass is 127. The third-order valence-electron chi connectivity index (χ3n) is 3.66. The Hall–Kier alpha value is -1.65. The van der Waals surface area contributed by atoms with E-state index < -0.39 is 17.5 Å². The van der Waals surface area contributed by atoms with E-state index in [4.69, 9.17) is 4.74 Å². The van der Waals surface area contributed by atoms with Crippen LogP contribution in [0.5, 0.6) is 0 Å². The summed E-state index contributed by atoms with van der Waals surface area (Å²) >= 11 is 3.14. The molecular weight excluding hydrogens is 473 g/mol. The van der Waals surface area contributed by atoms with Crippen molar-refractivity contribution in [2.24, 2.45) is 4.99 Å². The molecule has 26 heavy (non-hydrogen) atoms. The summed E-state index contributed by atoms with van der Waals surface area (Å²) in [5, 5.41) is 0. The predicted octanol–water partition coefficient (Wildman–Crippen LogP) is 4.36. The summed E-state index contributed by atoms with van der Waals surface area (Å²) in [4.78, 5) is 17.1. The first-order valence-electron chi connectivity index (χ1n) is 7.91. The fourth-order valence-electron chi connectivity index (χ4n) is 2.50. The molecule has 0 aliphatic rings. The van der Waals surface area contributed by atoms with E-state index in [2.05, 4.69) is 27.6 Å². The molecule has 1 heterocycles. The zero-order chi connectivity index (χ0) is 18.7. The number of fused-ring (bicyclic) bond motifs is 1. The lowest BCUT2D eigenvalue weighted by Crippen LogP contribution is -2.20. The zero-order valence-electron chi connectivity index (χ0n) is 13.8. The molecular formula is C18H15F2IN2O2S. The molecule has 3 aromatic rings. The number of aromatic nitrogens is 1. The predicted molar refractivity (Wildman–Crippen MR) is 105 cm³/mol. The number of rotatable bonds is 5. The quantitative estimate of drug-likeness (QED) is 0.396. The first-order valence-corrected chi connectivity index (χ1v) is 9.80. The summed E-state index contributed by atoms with van der Waals surface area (Å²) in [6, 6.07) is 9.17. The highest BCUT2D eigenvalue weighted by Crippen LogP contribution is 2.22. The molecule has 0 N–H and O–H groups in total. The maximum absolute atomic E-state index is 14.3. The maximum Gasteiger partial charge on any atom is 0.280 e. The largest absolute Gasteiger partial charge is 0.380 e. The molecule has 0 aliphatic heterocycles. The van der Waals surface area contributed by atoms with Gasteiger partial charge in [-0.3, -0.25) is 4.79 Å². The fraction of sp³-hybridized carbons (Fsp3) is 0.222. The standard InChI is InChI=1S/C18H15F2IN2O2S/c1-2-25-8-7-23-16-13(20)9-11(19)10-15(16)26-18(23)22-17(24)12-5-3-4-6-14(12)21/h3-6,9-10H,2,7-8H2,1H3. The number of carbonyl (C=O) groups is 1. The van der Waals surface area contributed by atoms with Gasteiger partial charge in [0.05, 0.1) is 22.4 Å². The van der Waals surface area contributed by atoms with Crippen molar-refractivity contribution in [1.82, 2.24) is 4.57 Å². The van der Waals surface area contributed by atoms with Gasteiger partial charge in [0.15, 0.2) is 10.6 Å². The van der Waals surface area contributed by atoms with Gasteiger partial charge in [-0.15, -0.1) is 0 Å². The molecule has 136 valence electrons. The van der Waals surface area contributed by atoms with Crippen molar-refractivity contribution in [2.75, 3.05) is 13.2 Å². The molecule has 0 bridgehead atoms. The lowest BCUT2D eigenvalue weighted by Gasteiger charge is -2.06. The van der Waals surface area contributed by atoms with Crippen LogP contribution in [0.15, 0.2) is 41.4 Å². The highest BCUT2D eigenvalue weighted by Gasteiger charge is 2.15. The number of nitrogens with zero attached hydrogens (tertiary/aromatic N) is 2. The third-order valence-corrected chi connectivity index (χ3v) is 5.63. The molecule has 0 radical (unpaired) electrons. The molecule has 1 amide bonds. The van der Waals surface area contributed by atoms with E-state index in [1.54, 1.807) is 16.7 Å². The van der Waals surface area contributed by atoms with Crippen LogP contribution in [-0.2, 0) is 11.3 Å². The molecule has 0 spiro atoms. The molecule has 0 unspecified atom stereocenters. The zero-order valence-corrected chi connectivity index (χ0v) is 16.8. The average Bonchev–Trinajstić information content (AvgIpc) is 2.92. The molecule has 0 atom stereocenters. The lowest BCUT2D eigenvalue weighted by molar-refractivity contribution is 0.0995. The van der Waals surface area contributed by atoms with Crippen molar-refractivity contribution in [3.05, 3.63) is 62.0 Å². The van der Waals surface area contributed by atoms with Crippen molar-refractivity contribution in [3.63, 3.8) is 0 Å². The summed E-state index contributed by atoms with van der Waals surface area (Å²) in [7, 11) is 0. The SMILES string of the molecule is CCOCCn1c(=NC(=O)c2ccccc2I)sc2cc(F)cc(F)c21. The molecule has 0 saturated heterocycles. The van der Waals surface area contributed by atoms with Gasteiger partial charge >= 0.3 is 0 Å². The molecule has 4 nitrogen and oxygen atoms in total. The Bertz CT molecular complexity index is 1030. The number of thiazole rings is 1. The van der Waals surface area contributed by atoms with Crippen LogP contribution in [0.3, 0.4) is 0 Å². The lowest BCUT2D eigenvalue weighted by atomic mass is 10.2. The molecule has 2 aromatic carbocycles. The number of halogens is 3. The Morgan fingerprint density at radius 1 is 1.31 bits per heavy atom. The van der Waals surface area contributed by atoms with Crippen LogP contribution in [0.1, 0.15) is 17.3 Å². The van der Waals surface area contributed by atoms with Gasteiger partial charge in [0.1, 0.15) is 5.82 Å². The second-order valence-corrected chi connectivity index (χ2v) is 7.54. The van der Waals surface area contributed by atoms with E-state index in [1.807, 2.05) is 19.1 Å². The van der Waals surface area contributed by atoms with Crippen LogP contribution in [0.4, 0.5) is 8.78 Å². The van der Waals surface area contributed by atoms with E-state index in [1.165, 1.54) is 6.07 Å². The number of carbonyl (C=O) groups excluding carboxylic acids is 1. The van der Waals surface area contributed by atoms with Crippen molar-refractivity contribution in [2.45, 2.75) is 13.5 Å². The number of ether oxygens (including phenoxy) is 1. The second-order valence-electron chi connectivity index (χ2n) is 5.36. The van der Waals surface area contributed by atoms with E-state index in [9.17, 15) is 13.6 Å². The summed E-state index contributed by atoms with van der Waals surface area (Å²) in [6.45, 7) is 3.03. The summed E-state index contributed by atoms with van der Waals surface area (Å²) in [6.07, 6.45) is 0. The minimum absolute atomic E-state index is 0.227. The van der Waals surface area contributed by atoms with Crippen LogP contribution in [0, 0.1) is 15.2 Å². The van der Waals surface area contributed by atoms with Crippen molar-refractivity contribution >= 4 is 50.1 Å². The second kappa shape index (κ2) is 8.36. The molecule has 0 aliphatic carbocycles. The molecule has 0 saturated carbocycles. The topological polar surface area (TPSA) is 43.6 Å².